The summed E-state index contributed by atoms with van der Waals surface area (Å²) < 4.78 is 17.4. The molecule has 0 bridgehead atoms. The number of rotatable bonds is 14. The molecule has 9 heterocycles. The fourth-order valence-corrected chi connectivity index (χ4v) is 12.3. The molecule has 0 atom stereocenters. The number of nitrogens with zero attached hydrogens (tertiary/aromatic N) is 17. The number of halogens is 1. The summed E-state index contributed by atoms with van der Waals surface area (Å²) in [6.07, 6.45) is 6.69. The van der Waals surface area contributed by atoms with Gasteiger partial charge in [0.15, 0.2) is 9.93 Å². The molecule has 3 saturated heterocycles. The molecule has 3 fully saturated rings. The molecule has 0 saturated carbocycles. The first kappa shape index (κ1) is 95.3. The summed E-state index contributed by atoms with van der Waals surface area (Å²) in [5.74, 6) is 4.67. The number of anilines is 6. The van der Waals surface area contributed by atoms with E-state index in [0.29, 0.717) is 35.1 Å². The van der Waals surface area contributed by atoms with Gasteiger partial charge in [0.2, 0.25) is 23.8 Å². The number of carbonyl (C=O) groups excluding carboxylic acids is 3. The number of aryl methyl sites for hydroxylation is 6. The SMILES string of the molecule is C.CN(C(=O)OCc1ccccc1)C1CCNCC1.CSc1nc(C)cc(=O)[nH]1.Cc1cc(=O)[nH]c(=S)[nH]1.Cc1cc(=O)[nH]c(N(C)C)n1.Cc1cc(Br)nc(N(C)C)n1.Cc1cc(N2CCC(N(C)C(=O)OC(C)(C)C)CC2)nc(N(C)C)n1.Cc1cc(N2CCC(N(C)C(=O)OCc3ccccc3)CC2)nc(N(C)C)n1. The molecule has 3 aliphatic heterocycles. The Hall–Kier alpha value is -10.1. The van der Waals surface area contributed by atoms with Crippen molar-refractivity contribution >= 4 is 93.6 Å². The zero-order valence-electron chi connectivity index (χ0n) is 68.8. The van der Waals surface area contributed by atoms with E-state index in [1.54, 1.807) is 40.4 Å². The maximum absolute atomic E-state index is 12.4. The van der Waals surface area contributed by atoms with Gasteiger partial charge in [-0.15, -0.1) is 0 Å². The van der Waals surface area contributed by atoms with Crippen molar-refractivity contribution in [3.05, 3.63) is 183 Å². The van der Waals surface area contributed by atoms with Crippen LogP contribution >= 0.6 is 39.9 Å². The third-order valence-electron chi connectivity index (χ3n) is 17.1. The molecule has 0 radical (unpaired) electrons. The van der Waals surface area contributed by atoms with E-state index in [9.17, 15) is 28.8 Å². The van der Waals surface area contributed by atoms with Crippen molar-refractivity contribution in [3.63, 3.8) is 0 Å². The lowest BCUT2D eigenvalue weighted by atomic mass is 10.0. The Bertz CT molecular complexity index is 4420. The smallest absolute Gasteiger partial charge is 0.410 e. The number of amides is 3. The highest BCUT2D eigenvalue weighted by molar-refractivity contribution is 9.10. The van der Waals surface area contributed by atoms with Crippen LogP contribution in [0.1, 0.15) is 112 Å². The van der Waals surface area contributed by atoms with E-state index < -0.39 is 5.60 Å². The van der Waals surface area contributed by atoms with Gasteiger partial charge in [-0.3, -0.25) is 24.4 Å². The minimum atomic E-state index is -0.465. The number of aromatic nitrogens is 12. The van der Waals surface area contributed by atoms with Crippen LogP contribution in [0, 0.1) is 46.3 Å². The Morgan fingerprint density at radius 1 is 0.487 bits per heavy atom. The van der Waals surface area contributed by atoms with Crippen molar-refractivity contribution in [2.24, 2.45) is 0 Å². The number of ether oxygens (including phenoxy) is 3. The van der Waals surface area contributed by atoms with Gasteiger partial charge >= 0.3 is 18.3 Å². The number of thioether (sulfide) groups is 1. The maximum atomic E-state index is 12.4. The Labute approximate surface area is 683 Å². The lowest BCUT2D eigenvalue weighted by Crippen LogP contribution is -2.47. The number of benzene rings is 2. The van der Waals surface area contributed by atoms with Crippen LogP contribution in [0.5, 0.6) is 0 Å². The van der Waals surface area contributed by atoms with Crippen LogP contribution in [0.15, 0.2) is 121 Å². The quantitative estimate of drug-likeness (QED) is 0.0222. The zero-order valence-corrected chi connectivity index (χ0v) is 72.1. The van der Waals surface area contributed by atoms with Gasteiger partial charge in [0.25, 0.3) is 16.7 Å². The van der Waals surface area contributed by atoms with Crippen molar-refractivity contribution in [1.82, 2.24) is 79.8 Å². The number of aromatic amines is 4. The van der Waals surface area contributed by atoms with E-state index >= 15 is 0 Å². The molecule has 6 aromatic heterocycles. The van der Waals surface area contributed by atoms with Crippen LogP contribution < -0.4 is 51.4 Å². The third-order valence-corrected chi connectivity index (χ3v) is 18.3. The summed E-state index contributed by atoms with van der Waals surface area (Å²) in [6.45, 7) is 23.0. The lowest BCUT2D eigenvalue weighted by molar-refractivity contribution is 0.0200. The van der Waals surface area contributed by atoms with Crippen molar-refractivity contribution in [2.45, 2.75) is 150 Å². The van der Waals surface area contributed by atoms with Crippen molar-refractivity contribution in [2.75, 3.05) is 152 Å². The number of carbonyl (C=O) groups is 3. The monoisotopic (exact) mass is 1660 g/mol. The average Bonchev–Trinajstić information content (AvgIpc) is 0.825. The second-order valence-corrected chi connectivity index (χ2v) is 30.7. The van der Waals surface area contributed by atoms with Crippen LogP contribution in [-0.2, 0) is 27.4 Å². The van der Waals surface area contributed by atoms with Crippen LogP contribution in [0.4, 0.5) is 49.8 Å². The second kappa shape index (κ2) is 47.5. The van der Waals surface area contributed by atoms with Gasteiger partial charge in [-0.05, 0) is 166 Å². The fourth-order valence-electron chi connectivity index (χ4n) is 11.1. The number of hydrogen-bond acceptors (Lipinski definition) is 26. The summed E-state index contributed by atoms with van der Waals surface area (Å²) in [5, 5.41) is 3.96. The molecule has 618 valence electrons. The first-order valence-corrected chi connectivity index (χ1v) is 39.2. The van der Waals surface area contributed by atoms with Crippen molar-refractivity contribution < 1.29 is 28.6 Å². The maximum Gasteiger partial charge on any atom is 0.410 e. The van der Waals surface area contributed by atoms with Crippen molar-refractivity contribution in [1.29, 1.82) is 0 Å². The molecule has 113 heavy (non-hydrogen) atoms. The number of H-pyrrole nitrogens is 4. The highest BCUT2D eigenvalue weighted by atomic mass is 79.9. The van der Waals surface area contributed by atoms with Gasteiger partial charge in [0.05, 0.1) is 0 Å². The molecule has 3 aliphatic rings. The van der Waals surface area contributed by atoms with Crippen molar-refractivity contribution in [3.8, 4) is 0 Å². The second-order valence-electron chi connectivity index (χ2n) is 28.7. The lowest BCUT2D eigenvalue weighted by Gasteiger charge is -2.37. The summed E-state index contributed by atoms with van der Waals surface area (Å²) in [4.78, 5) is 131. The minimum absolute atomic E-state index is 0. The predicted molar refractivity (Wildman–Crippen MR) is 459 cm³/mol. The molecule has 8 aromatic rings. The minimum Gasteiger partial charge on any atom is -0.445 e. The van der Waals surface area contributed by atoms with Gasteiger partial charge < -0.3 is 73.6 Å². The first-order valence-electron chi connectivity index (χ1n) is 36.8. The topological polar surface area (TPSA) is 338 Å². The normalized spacial score (nSPS) is 13.3. The molecule has 5 N–H and O–H groups in total. The number of piperidine rings is 3. The molecular formula is C79H119BrN22O9S2. The molecule has 0 spiro atoms. The van der Waals surface area contributed by atoms with Gasteiger partial charge in [0, 0.05) is 186 Å². The highest BCUT2D eigenvalue weighted by Gasteiger charge is 2.31. The first-order chi connectivity index (χ1) is 52.9. The summed E-state index contributed by atoms with van der Waals surface area (Å²) in [6, 6.07) is 30.5. The Morgan fingerprint density at radius 2 is 0.867 bits per heavy atom. The largest absolute Gasteiger partial charge is 0.445 e. The number of hydrogen-bond donors (Lipinski definition) is 5. The molecule has 2 aromatic carbocycles. The Morgan fingerprint density at radius 3 is 1.24 bits per heavy atom. The van der Waals surface area contributed by atoms with Crippen LogP contribution in [0.25, 0.3) is 0 Å². The Kier molecular flexibility index (Phi) is 40.0. The predicted octanol–water partition coefficient (Wildman–Crippen LogP) is 11.7. The molecule has 31 nitrogen and oxygen atoms in total. The zero-order chi connectivity index (χ0) is 82.9. The van der Waals surface area contributed by atoms with E-state index in [1.165, 1.54) is 30.0 Å². The molecule has 0 unspecified atom stereocenters. The highest BCUT2D eigenvalue weighted by Crippen LogP contribution is 2.26. The molecular weight excluding hydrogens is 1550 g/mol. The molecule has 0 aliphatic carbocycles. The van der Waals surface area contributed by atoms with Gasteiger partial charge in [-0.2, -0.15) is 9.97 Å². The van der Waals surface area contributed by atoms with E-state index in [1.807, 2.05) is 219 Å². The van der Waals surface area contributed by atoms with Crippen LogP contribution in [-0.4, -0.2) is 240 Å². The van der Waals surface area contributed by atoms with Gasteiger partial charge in [0.1, 0.15) is 35.1 Å². The third kappa shape index (κ3) is 34.8. The Balaban J connectivity index is 0.000000289. The number of nitrogens with one attached hydrogen (secondary N) is 5. The van der Waals surface area contributed by atoms with Gasteiger partial charge in [-0.25, -0.2) is 44.3 Å². The van der Waals surface area contributed by atoms with Crippen LogP contribution in [0.2, 0.25) is 0 Å². The van der Waals surface area contributed by atoms with E-state index in [-0.39, 0.29) is 54.5 Å². The standard InChI is InChI=1S/C21H29N5O2.C18H31N5O2.C14H20N2O2.C7H10BrN3.C7H11N3O.C6H8N2OS.C5H6N2OS.CH4/c1-16-14-19(23-20(22-16)24(2)3)26-12-10-18(11-13-26)25(4)21(27)28-15-17-8-6-5-7-9-17;1-13-12-15(20-16(19-13)21(5)6)23-10-8-14(9-11-23)22(7)17(24)25-18(2,3)4;1-16(13-7-9-15-10-8-13)14(17)18-11-12-5-3-2-4-6-12;1-5-4-6(8)10-7(9-5)11(2)3;1-5-4-6(11)9-7(8-5)10(2)3;1-4-3-5(9)8-6(7-4)10-2;1-3-2-4(8)7-5(9)6-3;/h5-9,14,18H,10-13,15H2,1-4H3;12,14H,8-11H2,1-7H3;2-6,13,15H,7-11H2,1H3;4H,1-3H3;4H,1-3H3,(H,8,9,11);3H,1-2H3,(H,7,8,9);2H,1H3,(H2,6,7,8,9);1H4. The summed E-state index contributed by atoms with van der Waals surface area (Å²) in [5.41, 5.74) is 6.35. The molecule has 11 rings (SSSR count). The van der Waals surface area contributed by atoms with Gasteiger partial charge in [-0.1, -0.05) is 79.9 Å². The summed E-state index contributed by atoms with van der Waals surface area (Å²) >= 11 is 9.41. The fraction of sp³-hybridized carbons (Fsp3) is 0.506. The van der Waals surface area contributed by atoms with E-state index in [4.69, 9.17) is 14.2 Å². The van der Waals surface area contributed by atoms with E-state index in [2.05, 4.69) is 103 Å². The average molecular weight is 1670 g/mol. The van der Waals surface area contributed by atoms with Crippen LogP contribution in [0.3, 0.4) is 0 Å². The summed E-state index contributed by atoms with van der Waals surface area (Å²) in [7, 11) is 20.8. The van der Waals surface area contributed by atoms with E-state index in [0.717, 1.165) is 157 Å². The molecule has 3 amide bonds. The molecule has 34 heteroatoms.